The molecule has 1 aliphatic rings. The van der Waals surface area contributed by atoms with Gasteiger partial charge in [0, 0.05) is 0 Å². The van der Waals surface area contributed by atoms with Gasteiger partial charge in [0.2, 0.25) is 6.10 Å². The maximum atomic E-state index is 10.9. The van der Waals surface area contributed by atoms with Crippen molar-refractivity contribution in [2.75, 3.05) is 14.2 Å². The molecule has 0 aromatic carbocycles. The molecule has 6 heteroatoms. The van der Waals surface area contributed by atoms with Gasteiger partial charge in [-0.25, -0.2) is 9.59 Å². The van der Waals surface area contributed by atoms with Crippen molar-refractivity contribution in [3.63, 3.8) is 0 Å². The van der Waals surface area contributed by atoms with Crippen LogP contribution in [0.2, 0.25) is 0 Å². The van der Waals surface area contributed by atoms with E-state index >= 15 is 0 Å². The van der Waals surface area contributed by atoms with Gasteiger partial charge in [-0.05, 0) is 0 Å². The number of hydrogen-bond donors (Lipinski definition) is 0. The Kier molecular flexibility index (Phi) is 2.84. The molecule has 0 aromatic rings. The molecule has 1 aliphatic heterocycles. The summed E-state index contributed by atoms with van der Waals surface area (Å²) in [5.74, 6) is -1.14. The van der Waals surface area contributed by atoms with E-state index in [2.05, 4.69) is 19.5 Å². The highest BCUT2D eigenvalue weighted by atomic mass is 16.7. The number of ether oxygens (including phenoxy) is 2. The van der Waals surface area contributed by atoms with Crippen molar-refractivity contribution < 1.29 is 23.9 Å². The number of carbonyl (C=O) groups excluding carboxylic acids is 2. The number of oxime groups is 1. The van der Waals surface area contributed by atoms with E-state index in [4.69, 9.17) is 0 Å². The van der Waals surface area contributed by atoms with Crippen LogP contribution in [0.25, 0.3) is 0 Å². The third-order valence-corrected chi connectivity index (χ3v) is 1.55. The summed E-state index contributed by atoms with van der Waals surface area (Å²) in [6.07, 6.45) is -0.724. The molecule has 0 saturated carbocycles. The van der Waals surface area contributed by atoms with Crippen LogP contribution >= 0.6 is 0 Å². The van der Waals surface area contributed by atoms with E-state index in [9.17, 15) is 9.59 Å². The molecule has 0 N–H and O–H groups in total. The van der Waals surface area contributed by atoms with Crippen LogP contribution in [0, 0.1) is 0 Å². The van der Waals surface area contributed by atoms with Crippen molar-refractivity contribution in [2.45, 2.75) is 12.5 Å². The minimum atomic E-state index is -0.820. The minimum Gasteiger partial charge on any atom is -0.466 e. The van der Waals surface area contributed by atoms with Crippen molar-refractivity contribution >= 4 is 17.7 Å². The highest BCUT2D eigenvalue weighted by molar-refractivity contribution is 6.37. The zero-order valence-corrected chi connectivity index (χ0v) is 7.27. The monoisotopic (exact) mass is 187 g/mol. The van der Waals surface area contributed by atoms with Crippen molar-refractivity contribution in [3.05, 3.63) is 0 Å². The van der Waals surface area contributed by atoms with E-state index in [-0.39, 0.29) is 12.1 Å². The predicted molar refractivity (Wildman–Crippen MR) is 41.0 cm³/mol. The number of rotatable bonds is 2. The van der Waals surface area contributed by atoms with Crippen LogP contribution in [-0.4, -0.2) is 38.0 Å². The number of esters is 2. The highest BCUT2D eigenvalue weighted by Crippen LogP contribution is 2.12. The lowest BCUT2D eigenvalue weighted by molar-refractivity contribution is -0.152. The van der Waals surface area contributed by atoms with E-state index in [1.54, 1.807) is 0 Å². The molecule has 1 heterocycles. The van der Waals surface area contributed by atoms with E-state index in [1.165, 1.54) is 14.2 Å². The first-order chi connectivity index (χ1) is 6.19. The number of carbonyl (C=O) groups is 2. The van der Waals surface area contributed by atoms with Gasteiger partial charge in [-0.2, -0.15) is 0 Å². The lowest BCUT2D eigenvalue weighted by Crippen LogP contribution is -2.24. The molecule has 1 atom stereocenters. The fourth-order valence-corrected chi connectivity index (χ4v) is 0.874. The Labute approximate surface area is 74.4 Å². The van der Waals surface area contributed by atoms with Crippen molar-refractivity contribution in [2.24, 2.45) is 5.16 Å². The van der Waals surface area contributed by atoms with Crippen molar-refractivity contribution in [1.29, 1.82) is 0 Å². The first-order valence-corrected chi connectivity index (χ1v) is 3.58. The molecule has 0 aromatic heterocycles. The van der Waals surface area contributed by atoms with Gasteiger partial charge >= 0.3 is 11.9 Å². The molecule has 6 nitrogen and oxygen atoms in total. The summed E-state index contributed by atoms with van der Waals surface area (Å²) < 4.78 is 8.80. The summed E-state index contributed by atoms with van der Waals surface area (Å²) in [5.41, 5.74) is 0.0953. The Hall–Kier alpha value is -1.59. The molecule has 1 rings (SSSR count). The third kappa shape index (κ3) is 1.95. The number of hydrogen-bond acceptors (Lipinski definition) is 6. The molecule has 0 spiro atoms. The second kappa shape index (κ2) is 3.88. The zero-order valence-electron chi connectivity index (χ0n) is 7.27. The molecule has 0 radical (unpaired) electrons. The first kappa shape index (κ1) is 9.50. The van der Waals surface area contributed by atoms with Crippen molar-refractivity contribution in [1.82, 2.24) is 0 Å². The lowest BCUT2D eigenvalue weighted by atomic mass is 10.2. The van der Waals surface area contributed by atoms with Gasteiger partial charge in [0.1, 0.15) is 0 Å². The van der Waals surface area contributed by atoms with Gasteiger partial charge in [0.25, 0.3) is 0 Å². The number of methoxy groups -OCH3 is 2. The average Bonchev–Trinajstić information content (AvgIpc) is 2.64. The van der Waals surface area contributed by atoms with Crippen LogP contribution in [0.5, 0.6) is 0 Å². The third-order valence-electron chi connectivity index (χ3n) is 1.55. The van der Waals surface area contributed by atoms with Gasteiger partial charge in [-0.1, -0.05) is 5.16 Å². The summed E-state index contributed by atoms with van der Waals surface area (Å²) in [6, 6.07) is 0. The molecule has 0 fully saturated rings. The van der Waals surface area contributed by atoms with E-state index in [0.717, 1.165) is 0 Å². The van der Waals surface area contributed by atoms with Crippen LogP contribution in [0.1, 0.15) is 6.42 Å². The first-order valence-electron chi connectivity index (χ1n) is 3.58. The molecule has 0 aliphatic carbocycles. The molecule has 13 heavy (non-hydrogen) atoms. The van der Waals surface area contributed by atoms with Crippen LogP contribution in [0.4, 0.5) is 0 Å². The predicted octanol–water partition coefficient (Wildman–Crippen LogP) is -0.523. The van der Waals surface area contributed by atoms with Crippen LogP contribution in [0.15, 0.2) is 5.16 Å². The molecule has 0 bridgehead atoms. The Morgan fingerprint density at radius 2 is 2.15 bits per heavy atom. The van der Waals surface area contributed by atoms with Crippen molar-refractivity contribution in [3.8, 4) is 0 Å². The standard InChI is InChI=1S/C7H9NO5/c1-11-6(9)4-3-5(13-8-4)7(10)12-2/h5H,3H2,1-2H3/t5-/m0/s1. The summed E-state index contributed by atoms with van der Waals surface area (Å²) in [4.78, 5) is 26.4. The molecular weight excluding hydrogens is 178 g/mol. The zero-order chi connectivity index (χ0) is 9.84. The molecule has 0 unspecified atom stereocenters. The fraction of sp³-hybridized carbons (Fsp3) is 0.571. The normalized spacial score (nSPS) is 20.2. The van der Waals surface area contributed by atoms with E-state index in [1.807, 2.05) is 0 Å². The summed E-state index contributed by atoms with van der Waals surface area (Å²) in [5, 5.41) is 3.40. The maximum Gasteiger partial charge on any atom is 0.355 e. The second-order valence-electron chi connectivity index (χ2n) is 2.35. The second-order valence-corrected chi connectivity index (χ2v) is 2.35. The molecule has 72 valence electrons. The van der Waals surface area contributed by atoms with E-state index in [0.29, 0.717) is 0 Å². The topological polar surface area (TPSA) is 74.2 Å². The van der Waals surface area contributed by atoms with Gasteiger partial charge in [0.15, 0.2) is 5.71 Å². The Balaban J connectivity index is 2.51. The Bertz CT molecular complexity index is 260. The quantitative estimate of drug-likeness (QED) is 0.543. The summed E-state index contributed by atoms with van der Waals surface area (Å²) in [7, 11) is 2.47. The smallest absolute Gasteiger partial charge is 0.355 e. The minimum absolute atomic E-state index is 0.0953. The Morgan fingerprint density at radius 3 is 2.69 bits per heavy atom. The lowest BCUT2D eigenvalue weighted by Gasteiger charge is -2.03. The largest absolute Gasteiger partial charge is 0.466 e. The summed E-state index contributed by atoms with van der Waals surface area (Å²) in [6.45, 7) is 0. The van der Waals surface area contributed by atoms with Crippen LogP contribution < -0.4 is 0 Å². The van der Waals surface area contributed by atoms with Gasteiger partial charge < -0.3 is 14.3 Å². The van der Waals surface area contributed by atoms with Gasteiger partial charge in [-0.3, -0.25) is 0 Å². The Morgan fingerprint density at radius 1 is 1.46 bits per heavy atom. The maximum absolute atomic E-state index is 10.9. The van der Waals surface area contributed by atoms with Crippen LogP contribution in [0.3, 0.4) is 0 Å². The SMILES string of the molecule is COC(=O)C1=NO[C@H](C(=O)OC)C1. The summed E-state index contributed by atoms with van der Waals surface area (Å²) >= 11 is 0. The molecular formula is C7H9NO5. The molecule has 0 amide bonds. The fourth-order valence-electron chi connectivity index (χ4n) is 0.874. The van der Waals surface area contributed by atoms with Crippen LogP contribution in [-0.2, 0) is 23.9 Å². The van der Waals surface area contributed by atoms with Gasteiger partial charge in [-0.15, -0.1) is 0 Å². The van der Waals surface area contributed by atoms with E-state index < -0.39 is 18.0 Å². The number of nitrogens with zero attached hydrogens (tertiary/aromatic N) is 1. The molecule has 0 saturated heterocycles. The average molecular weight is 187 g/mol. The highest BCUT2D eigenvalue weighted by Gasteiger charge is 2.32. The van der Waals surface area contributed by atoms with Gasteiger partial charge in [0.05, 0.1) is 20.6 Å².